The molecule has 0 spiro atoms. The number of nitrogens with one attached hydrogen (secondary N) is 1. The largest absolute Gasteiger partial charge is 0.489 e. The van der Waals surface area contributed by atoms with E-state index in [4.69, 9.17) is 14.9 Å². The first-order valence-corrected chi connectivity index (χ1v) is 11.0. The van der Waals surface area contributed by atoms with E-state index in [0.717, 1.165) is 12.8 Å². The van der Waals surface area contributed by atoms with Gasteiger partial charge in [0.1, 0.15) is 6.04 Å². The van der Waals surface area contributed by atoms with Crippen LogP contribution >= 0.6 is 24.8 Å². The molecule has 4 rings (SSSR count). The summed E-state index contributed by atoms with van der Waals surface area (Å²) in [5.74, 6) is -1.28. The van der Waals surface area contributed by atoms with Crippen LogP contribution in [0, 0.1) is 5.92 Å². The Bertz CT molecular complexity index is 1070. The summed E-state index contributed by atoms with van der Waals surface area (Å²) in [4.78, 5) is 30.4. The lowest BCUT2D eigenvalue weighted by molar-refractivity contribution is -0.142. The summed E-state index contributed by atoms with van der Waals surface area (Å²) in [6, 6.07) is 2.46. The zero-order valence-electron chi connectivity index (χ0n) is 19.3. The number of piperazine rings is 1. The van der Waals surface area contributed by atoms with Crippen molar-refractivity contribution in [3.63, 3.8) is 0 Å². The highest BCUT2D eigenvalue weighted by atomic mass is 35.5. The number of carboxylic acids is 1. The van der Waals surface area contributed by atoms with Gasteiger partial charge in [-0.1, -0.05) is 0 Å². The van der Waals surface area contributed by atoms with Gasteiger partial charge in [-0.15, -0.1) is 24.8 Å². The Morgan fingerprint density at radius 3 is 2.64 bits per heavy atom. The second-order valence-corrected chi connectivity index (χ2v) is 8.37. The number of nitrogens with zero attached hydrogens (tertiary/aromatic N) is 2. The average Bonchev–Trinajstić information content (AvgIpc) is 3.52. The van der Waals surface area contributed by atoms with E-state index in [1.807, 2.05) is 0 Å². The number of rotatable bonds is 9. The Kier molecular flexibility index (Phi) is 10.3. The highest BCUT2D eigenvalue weighted by molar-refractivity contribution is 5.96. The van der Waals surface area contributed by atoms with Crippen molar-refractivity contribution in [2.75, 3.05) is 26.2 Å². The quantitative estimate of drug-likeness (QED) is 0.427. The van der Waals surface area contributed by atoms with Crippen LogP contribution in [-0.2, 0) is 4.79 Å². The molecule has 2 heterocycles. The number of aliphatic carboxylic acids is 1. The third kappa shape index (κ3) is 6.75. The molecular weight excluding hydrogens is 525 g/mol. The molecule has 10 nitrogen and oxygen atoms in total. The number of amides is 1. The van der Waals surface area contributed by atoms with Crippen LogP contribution in [0.4, 0.5) is 8.78 Å². The number of halogens is 4. The van der Waals surface area contributed by atoms with E-state index in [2.05, 4.69) is 15.0 Å². The summed E-state index contributed by atoms with van der Waals surface area (Å²) < 4.78 is 41.7. The number of hydrogen-bond donors (Lipinski definition) is 3. The predicted molar refractivity (Wildman–Crippen MR) is 129 cm³/mol. The molecule has 1 amide bonds. The van der Waals surface area contributed by atoms with Crippen molar-refractivity contribution in [2.24, 2.45) is 11.7 Å². The van der Waals surface area contributed by atoms with Gasteiger partial charge in [0.05, 0.1) is 12.6 Å². The van der Waals surface area contributed by atoms with Gasteiger partial charge >= 0.3 is 12.6 Å². The number of aromatic nitrogens is 1. The van der Waals surface area contributed by atoms with Gasteiger partial charge in [0, 0.05) is 25.2 Å². The van der Waals surface area contributed by atoms with Crippen molar-refractivity contribution < 1.29 is 37.4 Å². The number of oxazole rings is 1. The highest BCUT2D eigenvalue weighted by Gasteiger charge is 2.36. The Balaban J connectivity index is 0.00000228. The minimum atomic E-state index is -3.02. The van der Waals surface area contributed by atoms with E-state index in [1.165, 1.54) is 23.1 Å². The van der Waals surface area contributed by atoms with Crippen LogP contribution in [0.25, 0.3) is 11.5 Å². The van der Waals surface area contributed by atoms with Gasteiger partial charge in [-0.05, 0) is 43.9 Å². The van der Waals surface area contributed by atoms with Crippen LogP contribution in [0.3, 0.4) is 0 Å². The van der Waals surface area contributed by atoms with Gasteiger partial charge in [0.25, 0.3) is 5.91 Å². The van der Waals surface area contributed by atoms with Gasteiger partial charge in [-0.3, -0.25) is 4.79 Å². The van der Waals surface area contributed by atoms with Gasteiger partial charge in [0.15, 0.2) is 23.0 Å². The second kappa shape index (κ2) is 12.5. The zero-order chi connectivity index (χ0) is 24.4. The van der Waals surface area contributed by atoms with E-state index < -0.39 is 30.6 Å². The Morgan fingerprint density at radius 2 is 2.03 bits per heavy atom. The lowest BCUT2D eigenvalue weighted by atomic mass is 10.1. The van der Waals surface area contributed by atoms with E-state index in [9.17, 15) is 23.5 Å². The van der Waals surface area contributed by atoms with Crippen LogP contribution in [0.5, 0.6) is 11.5 Å². The molecular formula is C22H28Cl2F2N4O6. The summed E-state index contributed by atoms with van der Waals surface area (Å²) in [5.41, 5.74) is 6.28. The topological polar surface area (TPSA) is 140 Å². The van der Waals surface area contributed by atoms with Crippen LogP contribution in [0.1, 0.15) is 42.1 Å². The molecule has 36 heavy (non-hydrogen) atoms. The van der Waals surface area contributed by atoms with E-state index in [0.29, 0.717) is 24.6 Å². The van der Waals surface area contributed by atoms with Gasteiger partial charge in [0.2, 0.25) is 5.89 Å². The molecule has 200 valence electrons. The SMILES string of the molecule is CC(N)c1oc(-c2ccc(OC(F)F)c(OCC3CC3)c2)nc1C(=O)N1CCNCC1C(=O)O.Cl.Cl. The van der Waals surface area contributed by atoms with Crippen molar-refractivity contribution in [1.82, 2.24) is 15.2 Å². The maximum Gasteiger partial charge on any atom is 0.387 e. The summed E-state index contributed by atoms with van der Waals surface area (Å²) in [5, 5.41) is 12.4. The third-order valence-electron chi connectivity index (χ3n) is 5.64. The molecule has 2 atom stereocenters. The number of alkyl halides is 2. The summed E-state index contributed by atoms with van der Waals surface area (Å²) in [6.07, 6.45) is 2.02. The molecule has 2 aliphatic rings. The number of ether oxygens (including phenoxy) is 2. The Morgan fingerprint density at radius 1 is 1.31 bits per heavy atom. The van der Waals surface area contributed by atoms with Crippen LogP contribution in [0.2, 0.25) is 0 Å². The number of hydrogen-bond acceptors (Lipinski definition) is 8. The number of benzene rings is 1. The molecule has 0 bridgehead atoms. The van der Waals surface area contributed by atoms with Crippen molar-refractivity contribution in [3.8, 4) is 23.0 Å². The highest BCUT2D eigenvalue weighted by Crippen LogP contribution is 2.37. The first-order valence-electron chi connectivity index (χ1n) is 11.0. The number of carboxylic acid groups (broad SMARTS) is 1. The number of nitrogens with two attached hydrogens (primary N) is 1. The summed E-state index contributed by atoms with van der Waals surface area (Å²) in [6.45, 7) is -0.339. The predicted octanol–water partition coefficient (Wildman–Crippen LogP) is 3.09. The first-order chi connectivity index (χ1) is 16.2. The van der Waals surface area contributed by atoms with Crippen LogP contribution in [0.15, 0.2) is 22.6 Å². The molecule has 2 fully saturated rings. The fraction of sp³-hybridized carbons (Fsp3) is 0.500. The first kappa shape index (κ1) is 29.6. The van der Waals surface area contributed by atoms with Crippen molar-refractivity contribution >= 4 is 36.7 Å². The van der Waals surface area contributed by atoms with Gasteiger partial charge in [-0.25, -0.2) is 9.78 Å². The molecule has 0 radical (unpaired) electrons. The normalized spacial score (nSPS) is 18.1. The molecule has 2 aromatic rings. The Labute approximate surface area is 218 Å². The number of carbonyl (C=O) groups is 2. The maximum atomic E-state index is 13.2. The molecule has 1 aliphatic heterocycles. The minimum absolute atomic E-state index is 0. The molecule has 1 saturated carbocycles. The molecule has 14 heteroatoms. The van der Waals surface area contributed by atoms with Crippen molar-refractivity contribution in [2.45, 2.75) is 38.5 Å². The molecule has 1 aromatic carbocycles. The summed E-state index contributed by atoms with van der Waals surface area (Å²) >= 11 is 0. The third-order valence-corrected chi connectivity index (χ3v) is 5.64. The van der Waals surface area contributed by atoms with Gasteiger partial charge in [-0.2, -0.15) is 8.78 Å². The fourth-order valence-corrected chi connectivity index (χ4v) is 3.66. The molecule has 1 aliphatic carbocycles. The molecule has 4 N–H and O–H groups in total. The lowest BCUT2D eigenvalue weighted by Crippen LogP contribution is -2.57. The molecule has 1 saturated heterocycles. The smallest absolute Gasteiger partial charge is 0.387 e. The molecule has 1 aromatic heterocycles. The average molecular weight is 553 g/mol. The Hall–Kier alpha value is -2.67. The molecule has 2 unspecified atom stereocenters. The van der Waals surface area contributed by atoms with Gasteiger partial charge < -0.3 is 34.9 Å². The van der Waals surface area contributed by atoms with Crippen molar-refractivity contribution in [1.29, 1.82) is 0 Å². The fourth-order valence-electron chi connectivity index (χ4n) is 3.66. The standard InChI is InChI=1S/C22H26F2N4O6.2ClH/c1-11(25)18-17(20(29)28-7-6-26-9-14(28)21(30)31)27-19(34-18)13-4-5-15(33-22(23)24)16(8-13)32-10-12-2-3-12;;/h4-5,8,11-12,14,22,26H,2-3,6-7,9-10,25H2,1H3,(H,30,31);2*1H. The van der Waals surface area contributed by atoms with Crippen molar-refractivity contribution in [3.05, 3.63) is 29.7 Å². The monoisotopic (exact) mass is 552 g/mol. The maximum absolute atomic E-state index is 13.2. The van der Waals surface area contributed by atoms with E-state index >= 15 is 0 Å². The summed E-state index contributed by atoms with van der Waals surface area (Å²) in [7, 11) is 0. The lowest BCUT2D eigenvalue weighted by Gasteiger charge is -2.33. The zero-order valence-corrected chi connectivity index (χ0v) is 20.9. The van der Waals surface area contributed by atoms with Crippen LogP contribution < -0.4 is 20.5 Å². The van der Waals surface area contributed by atoms with E-state index in [1.54, 1.807) is 6.92 Å². The minimum Gasteiger partial charge on any atom is -0.489 e. The number of carbonyl (C=O) groups excluding carboxylic acids is 1. The van der Waals surface area contributed by atoms with E-state index in [-0.39, 0.29) is 66.7 Å². The second-order valence-electron chi connectivity index (χ2n) is 8.37. The van der Waals surface area contributed by atoms with Crippen LogP contribution in [-0.4, -0.2) is 65.8 Å².